The topological polar surface area (TPSA) is 74.6 Å². The number of hydrogen-bond acceptors (Lipinski definition) is 3. The molecule has 3 unspecified atom stereocenters. The van der Waals surface area contributed by atoms with Crippen LogP contribution in [0.3, 0.4) is 0 Å². The van der Waals surface area contributed by atoms with Crippen molar-refractivity contribution in [3.05, 3.63) is 35.5 Å². The predicted octanol–water partition coefficient (Wildman–Crippen LogP) is 2.25. The van der Waals surface area contributed by atoms with E-state index in [4.69, 9.17) is 5.11 Å². The quantitative estimate of drug-likeness (QED) is 0.614. The maximum atomic E-state index is 11.8. The van der Waals surface area contributed by atoms with Gasteiger partial charge in [0, 0.05) is 17.4 Å². The third-order valence-corrected chi connectivity index (χ3v) is 5.27. The second-order valence-electron chi connectivity index (χ2n) is 6.76. The summed E-state index contributed by atoms with van der Waals surface area (Å²) < 4.78 is 0. The first-order chi connectivity index (χ1) is 9.78. The van der Waals surface area contributed by atoms with Crippen LogP contribution < -0.4 is 0 Å². The number of carboxylic acid groups (broad SMARTS) is 1. The summed E-state index contributed by atoms with van der Waals surface area (Å²) in [5.74, 6) is -0.686. The summed E-state index contributed by atoms with van der Waals surface area (Å²) in [5, 5.41) is 20.0. The number of allylic oxidation sites excluding steroid dienone is 3. The Balaban J connectivity index is 1.92. The fourth-order valence-electron chi connectivity index (χ4n) is 3.48. The highest BCUT2D eigenvalue weighted by Crippen LogP contribution is 2.64. The molecule has 3 aliphatic rings. The smallest absolute Gasteiger partial charge is 0.328 e. The summed E-state index contributed by atoms with van der Waals surface area (Å²) in [6.07, 6.45) is 8.85. The van der Waals surface area contributed by atoms with Crippen LogP contribution in [0, 0.1) is 17.3 Å². The van der Waals surface area contributed by atoms with Gasteiger partial charge in [0.2, 0.25) is 0 Å². The first kappa shape index (κ1) is 14.3. The van der Waals surface area contributed by atoms with Crippen molar-refractivity contribution in [1.29, 1.82) is 0 Å². The van der Waals surface area contributed by atoms with Gasteiger partial charge in [-0.05, 0) is 55.4 Å². The zero-order valence-electron chi connectivity index (χ0n) is 12.3. The first-order valence-corrected chi connectivity index (χ1v) is 7.37. The molecule has 0 spiro atoms. The van der Waals surface area contributed by atoms with E-state index >= 15 is 0 Å². The van der Waals surface area contributed by atoms with Gasteiger partial charge in [-0.15, -0.1) is 0 Å². The number of fused-ring (bicyclic) bond motifs is 1. The summed E-state index contributed by atoms with van der Waals surface area (Å²) in [5.41, 5.74) is -0.207. The molecule has 0 aromatic carbocycles. The number of carbonyl (C=O) groups excluding carboxylic acids is 1. The van der Waals surface area contributed by atoms with Gasteiger partial charge in [0.05, 0.1) is 0 Å². The zero-order valence-corrected chi connectivity index (χ0v) is 12.3. The maximum Gasteiger partial charge on any atom is 0.328 e. The molecule has 0 bridgehead atoms. The highest BCUT2D eigenvalue weighted by Gasteiger charge is 2.67. The van der Waals surface area contributed by atoms with Crippen LogP contribution in [0.1, 0.15) is 33.1 Å². The van der Waals surface area contributed by atoms with Crippen molar-refractivity contribution in [2.75, 3.05) is 0 Å². The van der Waals surface area contributed by atoms with Crippen LogP contribution >= 0.6 is 0 Å². The van der Waals surface area contributed by atoms with Crippen LogP contribution in [0.2, 0.25) is 0 Å². The lowest BCUT2D eigenvalue weighted by Crippen LogP contribution is -2.42. The first-order valence-electron chi connectivity index (χ1n) is 7.37. The lowest BCUT2D eigenvalue weighted by Gasteiger charge is -2.36. The van der Waals surface area contributed by atoms with Crippen LogP contribution in [0.15, 0.2) is 35.5 Å². The Kier molecular flexibility index (Phi) is 2.99. The molecule has 2 fully saturated rings. The molecular formula is C17H20O4. The fourth-order valence-corrected chi connectivity index (χ4v) is 3.48. The van der Waals surface area contributed by atoms with E-state index in [0.717, 1.165) is 18.4 Å². The Morgan fingerprint density at radius 2 is 2.10 bits per heavy atom. The van der Waals surface area contributed by atoms with Crippen molar-refractivity contribution in [1.82, 2.24) is 0 Å². The van der Waals surface area contributed by atoms with E-state index in [9.17, 15) is 14.7 Å². The Bertz CT molecular complexity index is 608. The van der Waals surface area contributed by atoms with Crippen molar-refractivity contribution < 1.29 is 19.8 Å². The number of aliphatic hydroxyl groups is 1. The van der Waals surface area contributed by atoms with Crippen molar-refractivity contribution in [3.63, 3.8) is 0 Å². The monoisotopic (exact) mass is 288 g/mol. The molecule has 4 heteroatoms. The van der Waals surface area contributed by atoms with Gasteiger partial charge in [-0.1, -0.05) is 13.0 Å². The largest absolute Gasteiger partial charge is 0.478 e. The second kappa shape index (κ2) is 4.41. The third kappa shape index (κ3) is 2.18. The minimum atomic E-state index is -1.15. The van der Waals surface area contributed by atoms with E-state index in [1.807, 2.05) is 6.92 Å². The molecule has 21 heavy (non-hydrogen) atoms. The molecule has 0 aliphatic heterocycles. The van der Waals surface area contributed by atoms with E-state index in [-0.39, 0.29) is 11.7 Å². The molecule has 112 valence electrons. The van der Waals surface area contributed by atoms with Crippen molar-refractivity contribution in [3.8, 4) is 0 Å². The number of carboxylic acids is 1. The molecule has 0 aromatic heterocycles. The molecule has 0 radical (unpaired) electrons. The number of ketones is 1. The van der Waals surface area contributed by atoms with Crippen LogP contribution in [0.4, 0.5) is 0 Å². The SMILES string of the molecule is CC1=CC(=O)C2CC2(C)C1(O)C=CC(=CC(=O)O)C1CC1. The molecule has 0 heterocycles. The van der Waals surface area contributed by atoms with Gasteiger partial charge >= 0.3 is 5.97 Å². The number of rotatable bonds is 4. The van der Waals surface area contributed by atoms with Gasteiger partial charge in [0.25, 0.3) is 0 Å². The second-order valence-corrected chi connectivity index (χ2v) is 6.76. The number of carbonyl (C=O) groups is 2. The van der Waals surface area contributed by atoms with E-state index in [1.54, 1.807) is 19.1 Å². The molecule has 4 nitrogen and oxygen atoms in total. The lowest BCUT2D eigenvalue weighted by molar-refractivity contribution is -0.131. The molecule has 3 atom stereocenters. The summed E-state index contributed by atoms with van der Waals surface area (Å²) in [4.78, 5) is 22.7. The Morgan fingerprint density at radius 1 is 1.43 bits per heavy atom. The Morgan fingerprint density at radius 3 is 2.67 bits per heavy atom. The summed E-state index contributed by atoms with van der Waals surface area (Å²) >= 11 is 0. The maximum absolute atomic E-state index is 11.8. The molecular weight excluding hydrogens is 268 g/mol. The summed E-state index contributed by atoms with van der Waals surface area (Å²) in [7, 11) is 0. The standard InChI is InChI=1S/C17H20O4/c1-10-7-14(18)13-9-16(13,2)17(10,21)6-5-12(8-15(19)20)11-3-4-11/h5-8,11,13,21H,3-4,9H2,1-2H3,(H,19,20). The summed E-state index contributed by atoms with van der Waals surface area (Å²) in [6.45, 7) is 3.69. The molecule has 3 rings (SSSR count). The molecule has 2 N–H and O–H groups in total. The van der Waals surface area contributed by atoms with Gasteiger partial charge in [-0.2, -0.15) is 0 Å². The van der Waals surface area contributed by atoms with E-state index in [0.29, 0.717) is 17.9 Å². The van der Waals surface area contributed by atoms with Gasteiger partial charge in [-0.25, -0.2) is 4.79 Å². The summed E-state index contributed by atoms with van der Waals surface area (Å²) in [6, 6.07) is 0. The average molecular weight is 288 g/mol. The zero-order chi connectivity index (χ0) is 15.4. The minimum absolute atomic E-state index is 0.0940. The van der Waals surface area contributed by atoms with Crippen LogP contribution in [-0.2, 0) is 9.59 Å². The predicted molar refractivity (Wildman–Crippen MR) is 77.5 cm³/mol. The lowest BCUT2D eigenvalue weighted by atomic mass is 9.73. The fraction of sp³-hybridized carbons (Fsp3) is 0.529. The Labute approximate surface area is 123 Å². The van der Waals surface area contributed by atoms with E-state index < -0.39 is 17.0 Å². The Hall–Kier alpha value is -1.68. The number of aliphatic carboxylic acids is 1. The number of hydrogen-bond donors (Lipinski definition) is 2. The van der Waals surface area contributed by atoms with Crippen molar-refractivity contribution in [2.45, 2.75) is 38.7 Å². The average Bonchev–Trinajstić information content (AvgIpc) is 3.26. The van der Waals surface area contributed by atoms with E-state index in [2.05, 4.69) is 0 Å². The van der Waals surface area contributed by atoms with Gasteiger partial charge in [-0.3, -0.25) is 4.79 Å². The molecule has 2 saturated carbocycles. The van der Waals surface area contributed by atoms with Crippen LogP contribution in [0.25, 0.3) is 0 Å². The van der Waals surface area contributed by atoms with E-state index in [1.165, 1.54) is 12.2 Å². The highest BCUT2D eigenvalue weighted by molar-refractivity contribution is 5.97. The normalized spacial score (nSPS) is 39.2. The highest BCUT2D eigenvalue weighted by atomic mass is 16.4. The molecule has 0 saturated heterocycles. The van der Waals surface area contributed by atoms with Crippen molar-refractivity contribution >= 4 is 11.8 Å². The van der Waals surface area contributed by atoms with Crippen LogP contribution in [0.5, 0.6) is 0 Å². The van der Waals surface area contributed by atoms with Crippen LogP contribution in [-0.4, -0.2) is 27.6 Å². The van der Waals surface area contributed by atoms with Gasteiger partial charge < -0.3 is 10.2 Å². The van der Waals surface area contributed by atoms with Gasteiger partial charge in [0.15, 0.2) is 5.78 Å². The van der Waals surface area contributed by atoms with Crippen molar-refractivity contribution in [2.24, 2.45) is 17.3 Å². The van der Waals surface area contributed by atoms with Gasteiger partial charge in [0.1, 0.15) is 5.60 Å². The molecule has 3 aliphatic carbocycles. The molecule has 0 aromatic rings. The minimum Gasteiger partial charge on any atom is -0.478 e. The third-order valence-electron chi connectivity index (χ3n) is 5.27. The molecule has 0 amide bonds.